The summed E-state index contributed by atoms with van der Waals surface area (Å²) in [4.78, 5) is 15.6. The molecule has 164 valence electrons. The van der Waals surface area contributed by atoms with E-state index in [2.05, 4.69) is 29.9 Å². The smallest absolute Gasteiger partial charge is 0.422 e. The van der Waals surface area contributed by atoms with Crippen LogP contribution in [0.25, 0.3) is 0 Å². The van der Waals surface area contributed by atoms with Crippen molar-refractivity contribution >= 4 is 17.6 Å². The third-order valence-corrected chi connectivity index (χ3v) is 4.20. The summed E-state index contributed by atoms with van der Waals surface area (Å²) in [5.74, 6) is -0.153. The number of rotatable bonds is 5. The van der Waals surface area contributed by atoms with Crippen molar-refractivity contribution in [2.24, 2.45) is 0 Å². The van der Waals surface area contributed by atoms with Gasteiger partial charge in [0.15, 0.2) is 6.61 Å². The zero-order chi connectivity index (χ0) is 21.9. The highest BCUT2D eigenvalue weighted by Crippen LogP contribution is 2.31. The van der Waals surface area contributed by atoms with Crippen LogP contribution in [0.15, 0.2) is 24.3 Å². The standard InChI is InChI=1S/C17H18F6N6O/c1-28-5-7-29(8-6-28)14-25-13(26-15(27-14)30-10-16(18,19)20)24-12-4-2-3-11(9-12)17(21,22)23/h2-4,9H,5-8,10H2,1H3,(H,24,25,26,27). The lowest BCUT2D eigenvalue weighted by Gasteiger charge is -2.32. The van der Waals surface area contributed by atoms with Crippen molar-refractivity contribution in [3.8, 4) is 6.01 Å². The number of alkyl halides is 6. The molecule has 1 aromatic heterocycles. The molecule has 0 atom stereocenters. The van der Waals surface area contributed by atoms with Gasteiger partial charge >= 0.3 is 18.4 Å². The first-order valence-corrected chi connectivity index (χ1v) is 8.83. The van der Waals surface area contributed by atoms with Gasteiger partial charge in [-0.3, -0.25) is 0 Å². The van der Waals surface area contributed by atoms with Crippen LogP contribution in [0.5, 0.6) is 6.01 Å². The number of hydrogen-bond acceptors (Lipinski definition) is 7. The summed E-state index contributed by atoms with van der Waals surface area (Å²) in [5, 5.41) is 2.58. The van der Waals surface area contributed by atoms with Crippen LogP contribution in [0, 0.1) is 0 Å². The van der Waals surface area contributed by atoms with Crippen molar-refractivity contribution in [2.75, 3.05) is 50.1 Å². The highest BCUT2D eigenvalue weighted by molar-refractivity contribution is 5.56. The van der Waals surface area contributed by atoms with E-state index in [0.717, 1.165) is 12.1 Å². The van der Waals surface area contributed by atoms with Gasteiger partial charge in [0.05, 0.1) is 5.56 Å². The van der Waals surface area contributed by atoms with E-state index in [-0.39, 0.29) is 17.6 Å². The molecule has 1 fully saturated rings. The second-order valence-corrected chi connectivity index (χ2v) is 6.64. The van der Waals surface area contributed by atoms with E-state index in [1.165, 1.54) is 12.1 Å². The van der Waals surface area contributed by atoms with Crippen LogP contribution in [0.3, 0.4) is 0 Å². The van der Waals surface area contributed by atoms with Crippen molar-refractivity contribution < 1.29 is 31.1 Å². The van der Waals surface area contributed by atoms with Gasteiger partial charge in [0.25, 0.3) is 0 Å². The number of likely N-dealkylation sites (N-methyl/N-ethyl adjacent to an activating group) is 1. The predicted molar refractivity (Wildman–Crippen MR) is 95.8 cm³/mol. The Kier molecular flexibility index (Phi) is 6.19. The van der Waals surface area contributed by atoms with Gasteiger partial charge in [0.1, 0.15) is 0 Å². The van der Waals surface area contributed by atoms with E-state index in [9.17, 15) is 26.3 Å². The van der Waals surface area contributed by atoms with E-state index in [1.807, 2.05) is 7.05 Å². The Morgan fingerprint density at radius 3 is 2.33 bits per heavy atom. The molecule has 1 saturated heterocycles. The Balaban J connectivity index is 1.87. The Morgan fingerprint density at radius 1 is 1.00 bits per heavy atom. The molecule has 0 bridgehead atoms. The number of nitrogens with one attached hydrogen (secondary N) is 1. The van der Waals surface area contributed by atoms with E-state index < -0.39 is 30.5 Å². The maximum absolute atomic E-state index is 12.9. The van der Waals surface area contributed by atoms with Gasteiger partial charge in [-0.25, -0.2) is 0 Å². The number of nitrogens with zero attached hydrogens (tertiary/aromatic N) is 5. The number of benzene rings is 1. The molecule has 1 aromatic carbocycles. The highest BCUT2D eigenvalue weighted by atomic mass is 19.4. The fourth-order valence-electron chi connectivity index (χ4n) is 2.66. The molecule has 2 heterocycles. The average Bonchev–Trinajstić information content (AvgIpc) is 2.66. The van der Waals surface area contributed by atoms with Gasteiger partial charge in [-0.1, -0.05) is 6.07 Å². The Hall–Kier alpha value is -2.83. The minimum atomic E-state index is -4.60. The van der Waals surface area contributed by atoms with Crippen LogP contribution < -0.4 is 15.0 Å². The normalized spacial score (nSPS) is 15.9. The fourth-order valence-corrected chi connectivity index (χ4v) is 2.66. The van der Waals surface area contributed by atoms with Crippen LogP contribution in [0.4, 0.5) is 43.9 Å². The first kappa shape index (κ1) is 21.9. The molecule has 0 spiro atoms. The quantitative estimate of drug-likeness (QED) is 0.722. The number of piperazine rings is 1. The first-order chi connectivity index (χ1) is 14.0. The summed E-state index contributed by atoms with van der Waals surface area (Å²) < 4.78 is 80.9. The topological polar surface area (TPSA) is 66.4 Å². The van der Waals surface area contributed by atoms with Gasteiger partial charge in [0, 0.05) is 31.9 Å². The van der Waals surface area contributed by atoms with Crippen molar-refractivity contribution in [3.05, 3.63) is 29.8 Å². The molecule has 30 heavy (non-hydrogen) atoms. The number of halogens is 6. The lowest BCUT2D eigenvalue weighted by Crippen LogP contribution is -2.45. The van der Waals surface area contributed by atoms with Gasteiger partial charge in [-0.15, -0.1) is 0 Å². The summed E-state index contributed by atoms with van der Waals surface area (Å²) in [5.41, 5.74) is -0.878. The maximum Gasteiger partial charge on any atom is 0.422 e. The SMILES string of the molecule is CN1CCN(c2nc(Nc3cccc(C(F)(F)F)c3)nc(OCC(F)(F)F)n2)CC1. The third-order valence-electron chi connectivity index (χ3n) is 4.20. The molecule has 1 N–H and O–H groups in total. The summed E-state index contributed by atoms with van der Waals surface area (Å²) >= 11 is 0. The third kappa shape index (κ3) is 6.08. The van der Waals surface area contributed by atoms with E-state index in [0.29, 0.717) is 26.2 Å². The number of anilines is 3. The van der Waals surface area contributed by atoms with Gasteiger partial charge < -0.3 is 19.9 Å². The van der Waals surface area contributed by atoms with Gasteiger partial charge in [-0.2, -0.15) is 41.3 Å². The van der Waals surface area contributed by atoms with Gasteiger partial charge in [0.2, 0.25) is 11.9 Å². The number of aromatic nitrogens is 3. The minimum absolute atomic E-state index is 0.0159. The van der Waals surface area contributed by atoms with Crippen LogP contribution in [-0.4, -0.2) is 65.9 Å². The first-order valence-electron chi connectivity index (χ1n) is 8.83. The largest absolute Gasteiger partial charge is 0.454 e. The van der Waals surface area contributed by atoms with Gasteiger partial charge in [-0.05, 0) is 25.2 Å². The summed E-state index contributed by atoms with van der Waals surface area (Å²) in [6, 6.07) is 3.70. The molecule has 0 unspecified atom stereocenters. The second-order valence-electron chi connectivity index (χ2n) is 6.64. The second kappa shape index (κ2) is 8.50. The fraction of sp³-hybridized carbons (Fsp3) is 0.471. The Bertz CT molecular complexity index is 867. The lowest BCUT2D eigenvalue weighted by molar-refractivity contribution is -0.154. The summed E-state index contributed by atoms with van der Waals surface area (Å²) in [7, 11) is 1.92. The molecule has 13 heteroatoms. The molecule has 0 radical (unpaired) electrons. The molecule has 3 rings (SSSR count). The lowest BCUT2D eigenvalue weighted by atomic mass is 10.2. The molecule has 0 saturated carbocycles. The molecule has 1 aliphatic rings. The van der Waals surface area contributed by atoms with Crippen LogP contribution in [0.2, 0.25) is 0 Å². The van der Waals surface area contributed by atoms with Crippen molar-refractivity contribution in [1.29, 1.82) is 0 Å². The van der Waals surface area contributed by atoms with E-state index in [1.54, 1.807) is 4.90 Å². The summed E-state index contributed by atoms with van der Waals surface area (Å²) in [6.45, 7) is 0.786. The molecule has 1 aliphatic heterocycles. The summed E-state index contributed by atoms with van der Waals surface area (Å²) in [6.07, 6.45) is -9.15. The predicted octanol–water partition coefficient (Wildman–Crippen LogP) is 3.33. The maximum atomic E-state index is 12.9. The number of hydrogen-bond donors (Lipinski definition) is 1. The molecule has 0 amide bonds. The van der Waals surface area contributed by atoms with Crippen molar-refractivity contribution in [2.45, 2.75) is 12.4 Å². The zero-order valence-electron chi connectivity index (χ0n) is 15.8. The molecule has 2 aromatic rings. The van der Waals surface area contributed by atoms with Crippen LogP contribution in [-0.2, 0) is 6.18 Å². The molecule has 0 aliphatic carbocycles. The van der Waals surface area contributed by atoms with Crippen molar-refractivity contribution in [1.82, 2.24) is 19.9 Å². The minimum Gasteiger partial charge on any atom is -0.454 e. The number of ether oxygens (including phenoxy) is 1. The van der Waals surface area contributed by atoms with E-state index >= 15 is 0 Å². The van der Waals surface area contributed by atoms with E-state index in [4.69, 9.17) is 0 Å². The Labute approximate surface area is 167 Å². The average molecular weight is 436 g/mol. The van der Waals surface area contributed by atoms with Crippen LogP contribution in [0.1, 0.15) is 5.56 Å². The van der Waals surface area contributed by atoms with Crippen molar-refractivity contribution in [3.63, 3.8) is 0 Å². The Morgan fingerprint density at radius 2 is 1.70 bits per heavy atom. The molecular formula is C17H18F6N6O. The molecule has 7 nitrogen and oxygen atoms in total. The highest BCUT2D eigenvalue weighted by Gasteiger charge is 2.31. The van der Waals surface area contributed by atoms with Crippen LogP contribution >= 0.6 is 0 Å². The monoisotopic (exact) mass is 436 g/mol. The zero-order valence-corrected chi connectivity index (χ0v) is 15.8. The molecular weight excluding hydrogens is 418 g/mol.